The predicted octanol–water partition coefficient (Wildman–Crippen LogP) is 5.10. The Labute approximate surface area is 328 Å². The van der Waals surface area contributed by atoms with Gasteiger partial charge in [0.05, 0.1) is 24.0 Å². The molecule has 0 aliphatic rings. The number of imidazole rings is 2. The van der Waals surface area contributed by atoms with Gasteiger partial charge >= 0.3 is 0 Å². The maximum atomic E-state index is 13.5. The summed E-state index contributed by atoms with van der Waals surface area (Å²) in [5.41, 5.74) is 1.18. The van der Waals surface area contributed by atoms with Gasteiger partial charge in [0.25, 0.3) is 0 Å². The summed E-state index contributed by atoms with van der Waals surface area (Å²) in [4.78, 5) is 80.3. The van der Waals surface area contributed by atoms with Gasteiger partial charge in [-0.25, -0.2) is 9.97 Å². The predicted molar refractivity (Wildman–Crippen MR) is 216 cm³/mol. The third kappa shape index (κ3) is 20.1. The van der Waals surface area contributed by atoms with Crippen LogP contribution in [0.4, 0.5) is 0 Å². The maximum Gasteiger partial charge on any atom is 0.243 e. The van der Waals surface area contributed by atoms with Gasteiger partial charge < -0.3 is 36.6 Å². The van der Waals surface area contributed by atoms with E-state index in [1.165, 1.54) is 64.5 Å². The molecular weight excluding hydrogens is 699 g/mol. The minimum atomic E-state index is -1.03. The average Bonchev–Trinajstić information content (AvgIpc) is 3.86. The molecule has 0 spiro atoms. The molecule has 55 heavy (non-hydrogen) atoms. The molecule has 5 amide bonds. The highest BCUT2D eigenvalue weighted by Gasteiger charge is 2.32. The maximum absolute atomic E-state index is 13.5. The summed E-state index contributed by atoms with van der Waals surface area (Å²) in [6.07, 6.45) is 26.6. The Balaban J connectivity index is 1.85. The molecule has 4 atom stereocenters. The number of aromatic amines is 2. The highest BCUT2D eigenvalue weighted by atomic mass is 16.2. The topological polar surface area (TPSA) is 203 Å². The van der Waals surface area contributed by atoms with Crippen LogP contribution in [-0.2, 0) is 36.8 Å². The van der Waals surface area contributed by atoms with Crippen molar-refractivity contribution in [3.8, 4) is 0 Å². The summed E-state index contributed by atoms with van der Waals surface area (Å²) in [5, 5.41) is 13.9. The Morgan fingerprint density at radius 2 is 1.11 bits per heavy atom. The van der Waals surface area contributed by atoms with E-state index in [0.717, 1.165) is 38.5 Å². The minimum Gasteiger partial charge on any atom is -0.352 e. The lowest BCUT2D eigenvalue weighted by Crippen LogP contribution is -2.59. The number of allylic oxidation sites excluding steroid dienone is 2. The lowest BCUT2D eigenvalue weighted by molar-refractivity contribution is -0.135. The Morgan fingerprint density at radius 1 is 0.600 bits per heavy atom. The zero-order valence-corrected chi connectivity index (χ0v) is 34.2. The van der Waals surface area contributed by atoms with E-state index < -0.39 is 41.9 Å². The molecule has 0 unspecified atom stereocenters. The van der Waals surface area contributed by atoms with Crippen molar-refractivity contribution in [1.29, 1.82) is 0 Å². The number of amides is 5. The van der Waals surface area contributed by atoms with Crippen molar-refractivity contribution in [1.82, 2.24) is 46.5 Å². The third-order valence-corrected chi connectivity index (χ3v) is 9.32. The first-order valence-corrected chi connectivity index (χ1v) is 20.5. The molecule has 0 aromatic carbocycles. The number of carbonyl (C=O) groups excluding carboxylic acids is 5. The van der Waals surface area contributed by atoms with E-state index in [-0.39, 0.29) is 36.6 Å². The van der Waals surface area contributed by atoms with Crippen molar-refractivity contribution >= 4 is 29.5 Å². The average molecular weight is 768 g/mol. The van der Waals surface area contributed by atoms with Crippen molar-refractivity contribution in [2.75, 3.05) is 0 Å². The third-order valence-electron chi connectivity index (χ3n) is 9.32. The smallest absolute Gasteiger partial charge is 0.243 e. The van der Waals surface area contributed by atoms with Crippen molar-refractivity contribution < 1.29 is 24.0 Å². The Kier molecular flexibility index (Phi) is 23.0. The number of H-pyrrole nitrogens is 2. The van der Waals surface area contributed by atoms with Crippen LogP contribution in [0, 0.1) is 5.92 Å². The number of nitrogens with zero attached hydrogens (tertiary/aromatic N) is 2. The molecule has 14 heteroatoms. The summed E-state index contributed by atoms with van der Waals surface area (Å²) in [6, 6.07) is -4.06. The lowest BCUT2D eigenvalue weighted by atomic mass is 10.0. The molecule has 0 saturated carbocycles. The molecule has 0 aliphatic heterocycles. The molecule has 0 saturated heterocycles. The SMILES string of the molecule is CCCCCCCC/C=C/CCCCCCCC(=O)N[C@@H](Cc1c[nH]cn1)C(=O)N[C@@H](C)C(=O)N[C@H](C(=O)N[C@@H](Cc1c[nH]cn1)C(=O)NC(C)C)C(C)C. The molecule has 308 valence electrons. The van der Waals surface area contributed by atoms with Crippen molar-refractivity contribution in [3.05, 3.63) is 48.6 Å². The van der Waals surface area contributed by atoms with Crippen LogP contribution in [0.25, 0.3) is 0 Å². The van der Waals surface area contributed by atoms with E-state index in [9.17, 15) is 24.0 Å². The van der Waals surface area contributed by atoms with Crippen molar-refractivity contribution in [3.63, 3.8) is 0 Å². The number of hydrogen-bond donors (Lipinski definition) is 7. The first-order chi connectivity index (χ1) is 26.4. The molecule has 0 fully saturated rings. The molecule has 0 aliphatic carbocycles. The van der Waals surface area contributed by atoms with Gasteiger partial charge in [-0.1, -0.05) is 84.3 Å². The molecule has 2 aromatic rings. The second-order valence-electron chi connectivity index (χ2n) is 15.2. The summed E-state index contributed by atoms with van der Waals surface area (Å²) < 4.78 is 0. The standard InChI is InChI=1S/C41H69N9O5/c1-7-8-9-10-11-12-13-14-15-16-17-18-19-20-21-22-36(51)48-34(23-32-25-42-27-44-32)40(54)47-31(6)38(52)50-37(29(2)3)41(55)49-35(39(53)46-30(4)5)24-33-26-43-28-45-33/h14-15,25-31,34-35,37H,7-13,16-24H2,1-6H3,(H,42,44)(H,43,45)(H,46,53)(H,47,54)(H,48,51)(H,49,55)(H,50,52)/b15-14+/t31-,34-,35-,37-/m0/s1. The quantitative estimate of drug-likeness (QED) is 0.0441. The van der Waals surface area contributed by atoms with Gasteiger partial charge in [0, 0.05) is 37.7 Å². The van der Waals surface area contributed by atoms with Crippen LogP contribution in [0.2, 0.25) is 0 Å². The van der Waals surface area contributed by atoms with E-state index in [1.54, 1.807) is 26.2 Å². The van der Waals surface area contributed by atoms with E-state index in [0.29, 0.717) is 17.8 Å². The van der Waals surface area contributed by atoms with E-state index >= 15 is 0 Å². The van der Waals surface area contributed by atoms with E-state index in [4.69, 9.17) is 0 Å². The van der Waals surface area contributed by atoms with Gasteiger partial charge in [-0.2, -0.15) is 0 Å². The molecule has 0 bridgehead atoms. The largest absolute Gasteiger partial charge is 0.352 e. The number of rotatable bonds is 29. The number of hydrogen-bond acceptors (Lipinski definition) is 7. The molecule has 2 heterocycles. The molecule has 2 aromatic heterocycles. The van der Waals surface area contributed by atoms with Crippen LogP contribution in [0.1, 0.15) is 143 Å². The van der Waals surface area contributed by atoms with Gasteiger partial charge in [0.15, 0.2) is 0 Å². The van der Waals surface area contributed by atoms with Crippen LogP contribution in [0.15, 0.2) is 37.2 Å². The highest BCUT2D eigenvalue weighted by Crippen LogP contribution is 2.11. The molecule has 7 N–H and O–H groups in total. The number of aromatic nitrogens is 4. The van der Waals surface area contributed by atoms with Gasteiger partial charge in [0.1, 0.15) is 24.2 Å². The molecular formula is C41H69N9O5. The fraction of sp³-hybridized carbons (Fsp3) is 0.683. The fourth-order valence-electron chi connectivity index (χ4n) is 6.10. The first-order valence-electron chi connectivity index (χ1n) is 20.5. The van der Waals surface area contributed by atoms with Crippen LogP contribution in [0.3, 0.4) is 0 Å². The molecule has 2 rings (SSSR count). The van der Waals surface area contributed by atoms with Gasteiger partial charge in [0.2, 0.25) is 29.5 Å². The number of carbonyl (C=O) groups is 5. The Morgan fingerprint density at radius 3 is 1.62 bits per heavy atom. The molecule has 0 radical (unpaired) electrons. The normalized spacial score (nSPS) is 13.7. The summed E-state index contributed by atoms with van der Waals surface area (Å²) in [6.45, 7) is 10.9. The van der Waals surface area contributed by atoms with E-state index in [2.05, 4.69) is 65.6 Å². The van der Waals surface area contributed by atoms with Crippen molar-refractivity contribution in [2.45, 2.75) is 174 Å². The van der Waals surface area contributed by atoms with Gasteiger partial charge in [-0.15, -0.1) is 0 Å². The van der Waals surface area contributed by atoms with Crippen LogP contribution in [0.5, 0.6) is 0 Å². The summed E-state index contributed by atoms with van der Waals surface area (Å²) in [5.74, 6) is -2.62. The minimum absolute atomic E-state index is 0.134. The zero-order valence-electron chi connectivity index (χ0n) is 34.2. The summed E-state index contributed by atoms with van der Waals surface area (Å²) in [7, 11) is 0. The number of unbranched alkanes of at least 4 members (excludes halogenated alkanes) is 11. The summed E-state index contributed by atoms with van der Waals surface area (Å²) >= 11 is 0. The van der Waals surface area contributed by atoms with Crippen molar-refractivity contribution in [2.24, 2.45) is 5.92 Å². The van der Waals surface area contributed by atoms with Gasteiger partial charge in [-0.05, 0) is 58.8 Å². The van der Waals surface area contributed by atoms with Gasteiger partial charge in [-0.3, -0.25) is 24.0 Å². The Hall–Kier alpha value is -4.49. The lowest BCUT2D eigenvalue weighted by Gasteiger charge is -2.27. The first kappa shape index (κ1) is 46.7. The van der Waals surface area contributed by atoms with Crippen LogP contribution in [-0.4, -0.2) is 79.7 Å². The molecule has 14 nitrogen and oxygen atoms in total. The second kappa shape index (κ2) is 27.1. The highest BCUT2D eigenvalue weighted by molar-refractivity contribution is 5.95. The second-order valence-corrected chi connectivity index (χ2v) is 15.2. The zero-order chi connectivity index (χ0) is 40.4. The Bertz CT molecular complexity index is 1410. The van der Waals surface area contributed by atoms with E-state index in [1.807, 2.05) is 13.8 Å². The van der Waals surface area contributed by atoms with Crippen LogP contribution >= 0.6 is 0 Å². The monoisotopic (exact) mass is 768 g/mol. The number of nitrogens with one attached hydrogen (secondary N) is 7. The fourth-order valence-corrected chi connectivity index (χ4v) is 6.10. The van der Waals surface area contributed by atoms with Crippen LogP contribution < -0.4 is 26.6 Å².